The Morgan fingerprint density at radius 2 is 1.00 bits per heavy atom. The van der Waals surface area contributed by atoms with E-state index >= 15 is 0 Å². The zero-order valence-electron chi connectivity index (χ0n) is 18.8. The second-order valence-electron chi connectivity index (χ2n) is 8.39. The van der Waals surface area contributed by atoms with Gasteiger partial charge in [-0.1, -0.05) is 78.9 Å². The van der Waals surface area contributed by atoms with Gasteiger partial charge in [0.2, 0.25) is 0 Å². The van der Waals surface area contributed by atoms with Crippen molar-refractivity contribution in [2.45, 2.75) is 0 Å². The highest BCUT2D eigenvalue weighted by atomic mass is 15.0. The summed E-state index contributed by atoms with van der Waals surface area (Å²) in [6.45, 7) is 0. The lowest BCUT2D eigenvalue weighted by atomic mass is 9.90. The largest absolute Gasteiger partial charge is 0.309 e. The standard InChI is InChI=1S/C32H19N3/c33-20-23-12-7-13-24(21-34)30(23)27-17-9-19-29-32(27)31-26(22-10-3-1-4-11-22)16-8-18-28(31)35(29)25-14-5-2-6-15-25/h1-19H. The van der Waals surface area contributed by atoms with Crippen molar-refractivity contribution < 1.29 is 0 Å². The molecule has 6 rings (SSSR count). The Hall–Kier alpha value is -5.12. The maximum Gasteiger partial charge on any atom is 0.0998 e. The van der Waals surface area contributed by atoms with Crippen molar-refractivity contribution in [3.8, 4) is 40.1 Å². The Morgan fingerprint density at radius 3 is 1.60 bits per heavy atom. The fourth-order valence-electron chi connectivity index (χ4n) is 5.06. The second-order valence-corrected chi connectivity index (χ2v) is 8.39. The van der Waals surface area contributed by atoms with Gasteiger partial charge in [-0.3, -0.25) is 0 Å². The summed E-state index contributed by atoms with van der Waals surface area (Å²) in [5.41, 5.74) is 7.96. The van der Waals surface area contributed by atoms with Gasteiger partial charge < -0.3 is 4.57 Å². The van der Waals surface area contributed by atoms with Gasteiger partial charge in [0.05, 0.1) is 34.3 Å². The first-order valence-corrected chi connectivity index (χ1v) is 11.4. The van der Waals surface area contributed by atoms with E-state index in [-0.39, 0.29) is 0 Å². The molecule has 6 aromatic rings. The summed E-state index contributed by atoms with van der Waals surface area (Å²) in [5, 5.41) is 22.0. The lowest BCUT2D eigenvalue weighted by Gasteiger charge is -2.11. The molecule has 162 valence electrons. The van der Waals surface area contributed by atoms with E-state index in [0.29, 0.717) is 16.7 Å². The molecule has 0 fully saturated rings. The van der Waals surface area contributed by atoms with Crippen molar-refractivity contribution in [1.29, 1.82) is 10.5 Å². The predicted octanol–water partition coefficient (Wildman–Crippen LogP) is 7.86. The van der Waals surface area contributed by atoms with Crippen LogP contribution in [-0.2, 0) is 0 Å². The number of nitrogens with zero attached hydrogens (tertiary/aromatic N) is 3. The van der Waals surface area contributed by atoms with Crippen LogP contribution in [0.5, 0.6) is 0 Å². The number of aromatic nitrogens is 1. The first-order valence-electron chi connectivity index (χ1n) is 11.4. The first kappa shape index (κ1) is 20.5. The van der Waals surface area contributed by atoms with Crippen LogP contribution in [0.3, 0.4) is 0 Å². The van der Waals surface area contributed by atoms with E-state index in [0.717, 1.165) is 44.2 Å². The molecule has 3 heteroatoms. The molecule has 3 nitrogen and oxygen atoms in total. The van der Waals surface area contributed by atoms with Gasteiger partial charge >= 0.3 is 0 Å². The number of para-hydroxylation sites is 1. The summed E-state index contributed by atoms with van der Waals surface area (Å²) >= 11 is 0. The fraction of sp³-hybridized carbons (Fsp3) is 0. The minimum absolute atomic E-state index is 0.495. The van der Waals surface area contributed by atoms with Crippen molar-refractivity contribution >= 4 is 21.8 Å². The van der Waals surface area contributed by atoms with E-state index in [9.17, 15) is 10.5 Å². The summed E-state index contributed by atoms with van der Waals surface area (Å²) in [5.74, 6) is 0. The molecule has 0 unspecified atom stereocenters. The minimum atomic E-state index is 0.495. The third kappa shape index (κ3) is 3.19. The van der Waals surface area contributed by atoms with Crippen LogP contribution in [0.1, 0.15) is 11.1 Å². The molecule has 0 spiro atoms. The molecule has 0 aliphatic rings. The molecule has 0 bridgehead atoms. The Labute approximate surface area is 203 Å². The summed E-state index contributed by atoms with van der Waals surface area (Å²) in [4.78, 5) is 0. The van der Waals surface area contributed by atoms with Crippen molar-refractivity contribution in [3.63, 3.8) is 0 Å². The molecule has 1 aromatic heterocycles. The molecule has 0 atom stereocenters. The van der Waals surface area contributed by atoms with E-state index < -0.39 is 0 Å². The van der Waals surface area contributed by atoms with Crippen LogP contribution in [0.15, 0.2) is 115 Å². The first-order chi connectivity index (χ1) is 17.3. The van der Waals surface area contributed by atoms with Gasteiger partial charge in [0.15, 0.2) is 0 Å². The topological polar surface area (TPSA) is 52.5 Å². The van der Waals surface area contributed by atoms with E-state index in [1.54, 1.807) is 18.2 Å². The minimum Gasteiger partial charge on any atom is -0.309 e. The summed E-state index contributed by atoms with van der Waals surface area (Å²) in [7, 11) is 0. The van der Waals surface area contributed by atoms with Crippen LogP contribution in [-0.4, -0.2) is 4.57 Å². The van der Waals surface area contributed by atoms with E-state index in [1.165, 1.54) is 0 Å². The Morgan fingerprint density at radius 1 is 0.486 bits per heavy atom. The molecule has 0 saturated heterocycles. The van der Waals surface area contributed by atoms with Crippen LogP contribution in [0, 0.1) is 22.7 Å². The average Bonchev–Trinajstić information content (AvgIpc) is 3.28. The molecule has 35 heavy (non-hydrogen) atoms. The molecule has 0 radical (unpaired) electrons. The zero-order chi connectivity index (χ0) is 23.8. The molecule has 5 aromatic carbocycles. The SMILES string of the molecule is N#Cc1cccc(C#N)c1-c1cccc2c1c1c(-c3ccccc3)cccc1n2-c1ccccc1. The smallest absolute Gasteiger partial charge is 0.0998 e. The zero-order valence-corrected chi connectivity index (χ0v) is 18.8. The molecular formula is C32H19N3. The van der Waals surface area contributed by atoms with E-state index in [1.807, 2.05) is 48.5 Å². The summed E-state index contributed by atoms with van der Waals surface area (Å²) in [6, 6.07) is 43.1. The van der Waals surface area contributed by atoms with Crippen molar-refractivity contribution in [2.24, 2.45) is 0 Å². The normalized spacial score (nSPS) is 10.8. The molecule has 0 aliphatic carbocycles. The van der Waals surface area contributed by atoms with Crippen molar-refractivity contribution in [3.05, 3.63) is 126 Å². The van der Waals surface area contributed by atoms with Crippen molar-refractivity contribution in [2.75, 3.05) is 0 Å². The molecule has 0 amide bonds. The molecule has 0 N–H and O–H groups in total. The predicted molar refractivity (Wildman–Crippen MR) is 141 cm³/mol. The van der Waals surface area contributed by atoms with Gasteiger partial charge in [-0.2, -0.15) is 10.5 Å². The van der Waals surface area contributed by atoms with Gasteiger partial charge in [0, 0.05) is 22.0 Å². The lowest BCUT2D eigenvalue weighted by molar-refractivity contribution is 1.18. The van der Waals surface area contributed by atoms with Crippen LogP contribution >= 0.6 is 0 Å². The quantitative estimate of drug-likeness (QED) is 0.278. The Balaban J connectivity index is 1.86. The van der Waals surface area contributed by atoms with Crippen molar-refractivity contribution in [1.82, 2.24) is 4.57 Å². The number of benzene rings is 5. The monoisotopic (exact) mass is 445 g/mol. The maximum atomic E-state index is 9.94. The highest BCUT2D eigenvalue weighted by Crippen LogP contribution is 2.44. The number of nitriles is 2. The third-order valence-electron chi connectivity index (χ3n) is 6.49. The number of rotatable bonds is 3. The van der Waals surface area contributed by atoms with Gasteiger partial charge in [-0.05, 0) is 53.1 Å². The average molecular weight is 446 g/mol. The summed E-state index contributed by atoms with van der Waals surface area (Å²) < 4.78 is 2.27. The molecular weight excluding hydrogens is 426 g/mol. The van der Waals surface area contributed by atoms with Crippen LogP contribution in [0.25, 0.3) is 49.7 Å². The number of hydrogen-bond donors (Lipinski definition) is 0. The number of hydrogen-bond acceptors (Lipinski definition) is 2. The van der Waals surface area contributed by atoms with Gasteiger partial charge in [-0.25, -0.2) is 0 Å². The van der Waals surface area contributed by atoms with E-state index in [4.69, 9.17) is 0 Å². The van der Waals surface area contributed by atoms with Gasteiger partial charge in [-0.15, -0.1) is 0 Å². The molecule has 1 heterocycles. The Kier molecular flexibility index (Phi) is 4.88. The highest BCUT2D eigenvalue weighted by Gasteiger charge is 2.21. The third-order valence-corrected chi connectivity index (χ3v) is 6.49. The lowest BCUT2D eigenvalue weighted by Crippen LogP contribution is -1.94. The summed E-state index contributed by atoms with van der Waals surface area (Å²) in [6.07, 6.45) is 0. The number of fused-ring (bicyclic) bond motifs is 3. The van der Waals surface area contributed by atoms with Crippen LogP contribution < -0.4 is 0 Å². The highest BCUT2D eigenvalue weighted by molar-refractivity contribution is 6.21. The fourth-order valence-corrected chi connectivity index (χ4v) is 5.06. The molecule has 0 aliphatic heterocycles. The van der Waals surface area contributed by atoms with Crippen LogP contribution in [0.2, 0.25) is 0 Å². The van der Waals surface area contributed by atoms with Crippen LogP contribution in [0.4, 0.5) is 0 Å². The maximum absolute atomic E-state index is 9.94. The second kappa shape index (κ2) is 8.34. The Bertz CT molecular complexity index is 1770. The molecule has 0 saturated carbocycles. The van der Waals surface area contributed by atoms with Gasteiger partial charge in [0.25, 0.3) is 0 Å². The van der Waals surface area contributed by atoms with E-state index in [2.05, 4.69) is 65.2 Å². The van der Waals surface area contributed by atoms with Gasteiger partial charge in [0.1, 0.15) is 0 Å².